The zero-order chi connectivity index (χ0) is 21.1. The fourth-order valence-electron chi connectivity index (χ4n) is 3.11. The first kappa shape index (κ1) is 19.7. The Kier molecular flexibility index (Phi) is 5.54. The summed E-state index contributed by atoms with van der Waals surface area (Å²) in [5.74, 6) is 1.72. The molecular weight excluding hydrogens is 404 g/mol. The van der Waals surface area contributed by atoms with Gasteiger partial charge in [-0.25, -0.2) is 0 Å². The third kappa shape index (κ3) is 3.92. The molecule has 2 aromatic heterocycles. The monoisotopic (exact) mass is 422 g/mol. The minimum Gasteiger partial charge on any atom is -0.497 e. The molecule has 8 heteroatoms. The van der Waals surface area contributed by atoms with Crippen LogP contribution in [0, 0.1) is 0 Å². The number of hydrogen-bond acceptors (Lipinski definition) is 5. The summed E-state index contributed by atoms with van der Waals surface area (Å²) in [7, 11) is 3.17. The lowest BCUT2D eigenvalue weighted by Crippen LogP contribution is -2.23. The van der Waals surface area contributed by atoms with Crippen molar-refractivity contribution in [3.63, 3.8) is 0 Å². The van der Waals surface area contributed by atoms with Crippen molar-refractivity contribution in [1.29, 1.82) is 0 Å². The molecular formula is C22H19ClN4O3. The van der Waals surface area contributed by atoms with E-state index in [4.69, 9.17) is 21.1 Å². The first-order valence-electron chi connectivity index (χ1n) is 9.19. The van der Waals surface area contributed by atoms with E-state index in [0.29, 0.717) is 40.1 Å². The summed E-state index contributed by atoms with van der Waals surface area (Å²) < 4.78 is 12.3. The molecule has 2 aromatic carbocycles. The molecule has 0 unspecified atom stereocenters. The van der Waals surface area contributed by atoms with E-state index in [2.05, 4.69) is 15.5 Å². The normalized spacial score (nSPS) is 10.8. The van der Waals surface area contributed by atoms with Gasteiger partial charge in [0.2, 0.25) is 0 Å². The van der Waals surface area contributed by atoms with E-state index < -0.39 is 0 Å². The van der Waals surface area contributed by atoms with Gasteiger partial charge < -0.3 is 14.8 Å². The maximum absolute atomic E-state index is 12.6. The molecule has 1 N–H and O–H groups in total. The quantitative estimate of drug-likeness (QED) is 0.508. The van der Waals surface area contributed by atoms with Gasteiger partial charge in [-0.05, 0) is 42.0 Å². The van der Waals surface area contributed by atoms with E-state index in [1.165, 1.54) is 0 Å². The molecule has 0 radical (unpaired) electrons. The lowest BCUT2D eigenvalue weighted by atomic mass is 10.2. The highest BCUT2D eigenvalue weighted by Gasteiger charge is 2.14. The van der Waals surface area contributed by atoms with Crippen LogP contribution in [0.3, 0.4) is 0 Å². The highest BCUT2D eigenvalue weighted by Crippen LogP contribution is 2.26. The second-order valence-corrected chi connectivity index (χ2v) is 6.96. The molecule has 0 fully saturated rings. The third-order valence-electron chi connectivity index (χ3n) is 4.65. The summed E-state index contributed by atoms with van der Waals surface area (Å²) in [5, 5.41) is 11.9. The lowest BCUT2D eigenvalue weighted by Gasteiger charge is -2.10. The van der Waals surface area contributed by atoms with Crippen LogP contribution in [0.2, 0.25) is 5.02 Å². The van der Waals surface area contributed by atoms with Crippen LogP contribution in [0.1, 0.15) is 15.9 Å². The summed E-state index contributed by atoms with van der Waals surface area (Å²) in [6, 6.07) is 16.3. The van der Waals surface area contributed by atoms with E-state index in [1.807, 2.05) is 30.3 Å². The van der Waals surface area contributed by atoms with E-state index in [1.54, 1.807) is 49.1 Å². The van der Waals surface area contributed by atoms with Gasteiger partial charge >= 0.3 is 0 Å². The number of halogens is 1. The van der Waals surface area contributed by atoms with E-state index in [-0.39, 0.29) is 5.91 Å². The van der Waals surface area contributed by atoms with Crippen molar-refractivity contribution in [3.05, 3.63) is 76.9 Å². The van der Waals surface area contributed by atoms with Crippen molar-refractivity contribution in [1.82, 2.24) is 19.9 Å². The number of nitrogens with zero attached hydrogens (tertiary/aromatic N) is 3. The topological polar surface area (TPSA) is 77.8 Å². The number of nitrogens with one attached hydrogen (secondary N) is 1. The van der Waals surface area contributed by atoms with Crippen molar-refractivity contribution < 1.29 is 14.3 Å². The Balaban J connectivity index is 1.54. The maximum atomic E-state index is 12.6. The highest BCUT2D eigenvalue weighted by atomic mass is 35.5. The number of carbonyl (C=O) groups is 1. The van der Waals surface area contributed by atoms with Crippen molar-refractivity contribution in [2.45, 2.75) is 6.54 Å². The SMILES string of the molecule is COc1cc(CNC(=O)c2ccn3c(-c4ccccc4Cl)nnc3c2)cc(OC)c1. The highest BCUT2D eigenvalue weighted by molar-refractivity contribution is 6.33. The second kappa shape index (κ2) is 8.42. The number of benzene rings is 2. The van der Waals surface area contributed by atoms with Crippen LogP contribution in [0.4, 0.5) is 0 Å². The molecule has 0 aliphatic carbocycles. The van der Waals surface area contributed by atoms with Crippen molar-refractivity contribution in [3.8, 4) is 22.9 Å². The van der Waals surface area contributed by atoms with Crippen LogP contribution >= 0.6 is 11.6 Å². The molecule has 0 spiro atoms. The molecule has 0 aliphatic rings. The van der Waals surface area contributed by atoms with E-state index in [9.17, 15) is 4.79 Å². The molecule has 0 saturated carbocycles. The lowest BCUT2D eigenvalue weighted by molar-refractivity contribution is 0.0951. The minimum absolute atomic E-state index is 0.221. The van der Waals surface area contributed by atoms with Crippen molar-refractivity contribution in [2.75, 3.05) is 14.2 Å². The number of fused-ring (bicyclic) bond motifs is 1. The number of carbonyl (C=O) groups excluding carboxylic acids is 1. The van der Waals surface area contributed by atoms with Gasteiger partial charge in [0.05, 0.1) is 19.2 Å². The standard InChI is InChI=1S/C22H19ClN4O3/c1-29-16-9-14(10-17(12-16)30-2)13-24-22(28)15-7-8-27-20(11-15)25-26-21(27)18-5-3-4-6-19(18)23/h3-12H,13H2,1-2H3,(H,24,28). The summed E-state index contributed by atoms with van der Waals surface area (Å²) in [4.78, 5) is 12.6. The largest absolute Gasteiger partial charge is 0.497 e. The Morgan fingerprint density at radius 3 is 2.47 bits per heavy atom. The Bertz CT molecular complexity index is 1200. The fourth-order valence-corrected chi connectivity index (χ4v) is 3.33. The number of rotatable bonds is 6. The van der Waals surface area contributed by atoms with Crippen molar-refractivity contribution in [2.24, 2.45) is 0 Å². The molecule has 0 bridgehead atoms. The predicted octanol–water partition coefficient (Wildman–Crippen LogP) is 4.00. The summed E-state index contributed by atoms with van der Waals surface area (Å²) >= 11 is 6.28. The van der Waals surface area contributed by atoms with Crippen LogP contribution in [0.5, 0.6) is 11.5 Å². The average Bonchev–Trinajstić information content (AvgIpc) is 3.20. The summed E-state index contributed by atoms with van der Waals surface area (Å²) in [6.07, 6.45) is 1.76. The average molecular weight is 423 g/mol. The molecule has 152 valence electrons. The molecule has 2 heterocycles. The van der Waals surface area contributed by atoms with E-state index >= 15 is 0 Å². The van der Waals surface area contributed by atoms with Crippen LogP contribution in [0.25, 0.3) is 17.0 Å². The van der Waals surface area contributed by atoms with Gasteiger partial charge in [-0.3, -0.25) is 9.20 Å². The van der Waals surface area contributed by atoms with Crippen molar-refractivity contribution >= 4 is 23.2 Å². The van der Waals surface area contributed by atoms with Gasteiger partial charge in [0.15, 0.2) is 11.5 Å². The summed E-state index contributed by atoms with van der Waals surface area (Å²) in [5.41, 5.74) is 2.68. The Hall–Kier alpha value is -3.58. The maximum Gasteiger partial charge on any atom is 0.251 e. The molecule has 4 rings (SSSR count). The van der Waals surface area contributed by atoms with Gasteiger partial charge in [0.1, 0.15) is 11.5 Å². The summed E-state index contributed by atoms with van der Waals surface area (Å²) in [6.45, 7) is 0.329. The van der Waals surface area contributed by atoms with Crippen LogP contribution in [0.15, 0.2) is 60.8 Å². The smallest absolute Gasteiger partial charge is 0.251 e. The van der Waals surface area contributed by atoms with Crippen LogP contribution < -0.4 is 14.8 Å². The molecule has 4 aromatic rings. The fraction of sp³-hybridized carbons (Fsp3) is 0.136. The molecule has 1 amide bonds. The molecule has 0 aliphatic heterocycles. The molecule has 7 nitrogen and oxygen atoms in total. The number of amides is 1. The zero-order valence-electron chi connectivity index (χ0n) is 16.4. The first-order valence-corrected chi connectivity index (χ1v) is 9.56. The predicted molar refractivity (Wildman–Crippen MR) is 114 cm³/mol. The number of aromatic nitrogens is 3. The minimum atomic E-state index is -0.221. The third-order valence-corrected chi connectivity index (χ3v) is 4.98. The Labute approximate surface area is 178 Å². The van der Waals surface area contributed by atoms with Crippen LogP contribution in [-0.4, -0.2) is 34.7 Å². The van der Waals surface area contributed by atoms with Gasteiger partial charge in [-0.15, -0.1) is 10.2 Å². The molecule has 30 heavy (non-hydrogen) atoms. The molecule has 0 saturated heterocycles. The zero-order valence-corrected chi connectivity index (χ0v) is 17.2. The second-order valence-electron chi connectivity index (χ2n) is 6.55. The van der Waals surface area contributed by atoms with Gasteiger partial charge in [0.25, 0.3) is 5.91 Å². The number of pyridine rings is 1. The van der Waals surface area contributed by atoms with Crippen LogP contribution in [-0.2, 0) is 6.54 Å². The first-order chi connectivity index (χ1) is 14.6. The van der Waals surface area contributed by atoms with Gasteiger partial charge in [-0.2, -0.15) is 0 Å². The Morgan fingerprint density at radius 1 is 1.03 bits per heavy atom. The van der Waals surface area contributed by atoms with Gasteiger partial charge in [-0.1, -0.05) is 23.7 Å². The Morgan fingerprint density at radius 2 is 1.77 bits per heavy atom. The number of hydrogen-bond donors (Lipinski definition) is 1. The molecule has 0 atom stereocenters. The van der Waals surface area contributed by atoms with Gasteiger partial charge in [0, 0.05) is 29.9 Å². The number of methoxy groups -OCH3 is 2. The number of ether oxygens (including phenoxy) is 2. The van der Waals surface area contributed by atoms with E-state index in [0.717, 1.165) is 11.1 Å².